The Morgan fingerprint density at radius 3 is 2.57 bits per heavy atom. The molecule has 2 fully saturated rings. The average Bonchev–Trinajstić information content (AvgIpc) is 3.01. The van der Waals surface area contributed by atoms with Crippen LogP contribution >= 0.6 is 0 Å². The molecular formula is C28H44O2. The summed E-state index contributed by atoms with van der Waals surface area (Å²) in [4.78, 5) is 11.5. The van der Waals surface area contributed by atoms with E-state index in [2.05, 4.69) is 39.8 Å². The van der Waals surface area contributed by atoms with Crippen LogP contribution in [-0.4, -0.2) is 12.1 Å². The molecule has 168 valence electrons. The Labute approximate surface area is 184 Å². The zero-order valence-electron chi connectivity index (χ0n) is 20.1. The maximum atomic E-state index is 11.5. The Kier molecular flexibility index (Phi) is 6.26. The van der Waals surface area contributed by atoms with E-state index >= 15 is 0 Å². The van der Waals surface area contributed by atoms with Gasteiger partial charge in [0, 0.05) is 13.3 Å². The van der Waals surface area contributed by atoms with Crippen molar-refractivity contribution in [1.82, 2.24) is 0 Å². The maximum absolute atomic E-state index is 11.5. The van der Waals surface area contributed by atoms with Gasteiger partial charge in [-0.1, -0.05) is 63.8 Å². The van der Waals surface area contributed by atoms with Gasteiger partial charge in [0.05, 0.1) is 0 Å². The van der Waals surface area contributed by atoms with E-state index in [4.69, 9.17) is 4.74 Å². The minimum absolute atomic E-state index is 0.109. The highest BCUT2D eigenvalue weighted by Crippen LogP contribution is 2.65. The summed E-state index contributed by atoms with van der Waals surface area (Å²) in [7, 11) is 0. The second-order valence-corrected chi connectivity index (χ2v) is 11.8. The predicted molar refractivity (Wildman–Crippen MR) is 124 cm³/mol. The van der Waals surface area contributed by atoms with Crippen molar-refractivity contribution < 1.29 is 9.53 Å². The van der Waals surface area contributed by atoms with Crippen LogP contribution in [0.25, 0.3) is 0 Å². The number of hydrogen-bond acceptors (Lipinski definition) is 2. The van der Waals surface area contributed by atoms with E-state index in [9.17, 15) is 4.79 Å². The van der Waals surface area contributed by atoms with Gasteiger partial charge in [0.25, 0.3) is 0 Å². The molecular weight excluding hydrogens is 368 g/mol. The van der Waals surface area contributed by atoms with Crippen molar-refractivity contribution in [3.63, 3.8) is 0 Å². The molecule has 30 heavy (non-hydrogen) atoms. The number of rotatable bonds is 6. The molecule has 6 atom stereocenters. The Hall–Kier alpha value is -1.05. The molecule has 4 rings (SSSR count). The summed E-state index contributed by atoms with van der Waals surface area (Å²) in [6, 6.07) is 0. The molecule has 0 radical (unpaired) electrons. The normalized spacial score (nSPS) is 40.2. The van der Waals surface area contributed by atoms with Crippen LogP contribution in [0.15, 0.2) is 23.3 Å². The third kappa shape index (κ3) is 3.93. The molecule has 2 nitrogen and oxygen atoms in total. The molecule has 0 aliphatic heterocycles. The lowest BCUT2D eigenvalue weighted by atomic mass is 9.47. The topological polar surface area (TPSA) is 26.3 Å². The highest BCUT2D eigenvalue weighted by Gasteiger charge is 2.56. The second-order valence-electron chi connectivity index (χ2n) is 11.8. The smallest absolute Gasteiger partial charge is 0.302 e. The van der Waals surface area contributed by atoms with Crippen LogP contribution in [0.3, 0.4) is 0 Å². The first kappa shape index (κ1) is 22.2. The van der Waals surface area contributed by atoms with Crippen LogP contribution in [0.5, 0.6) is 0 Å². The summed E-state index contributed by atoms with van der Waals surface area (Å²) in [6.45, 7) is 11.4. The standard InChI is InChI=1S/C28H44O2/c1-19(2)8-6-7-9-21-11-13-25-24-12-10-22-18-23(30-20(3)29)14-16-28(22,5)26(24)15-17-27(21,25)4/h10-11,19,23-26H,6-9,12-18H2,1-5H3/t23-,24-,25?,26?,27+,28-/m0/s1. The number of allylic oxidation sites excluding steroid dienone is 3. The van der Waals surface area contributed by atoms with E-state index in [0.717, 1.165) is 36.5 Å². The number of carbonyl (C=O) groups excluding carboxylic acids is 1. The third-order valence-corrected chi connectivity index (χ3v) is 9.61. The monoisotopic (exact) mass is 412 g/mol. The molecule has 4 aliphatic carbocycles. The molecule has 2 unspecified atom stereocenters. The highest BCUT2D eigenvalue weighted by molar-refractivity contribution is 5.66. The van der Waals surface area contributed by atoms with Crippen molar-refractivity contribution in [2.45, 2.75) is 111 Å². The predicted octanol–water partition coefficient (Wildman–Crippen LogP) is 7.63. The molecule has 2 saturated carbocycles. The number of unbranched alkanes of at least 4 members (excludes halogenated alkanes) is 1. The number of ether oxygens (including phenoxy) is 1. The van der Waals surface area contributed by atoms with Crippen LogP contribution in [0.4, 0.5) is 0 Å². The van der Waals surface area contributed by atoms with Crippen molar-refractivity contribution >= 4 is 5.97 Å². The minimum atomic E-state index is -0.121. The van der Waals surface area contributed by atoms with Gasteiger partial charge in [-0.15, -0.1) is 0 Å². The maximum Gasteiger partial charge on any atom is 0.302 e. The van der Waals surface area contributed by atoms with Crippen molar-refractivity contribution in [3.8, 4) is 0 Å². The third-order valence-electron chi connectivity index (χ3n) is 9.61. The van der Waals surface area contributed by atoms with Gasteiger partial charge in [0.15, 0.2) is 0 Å². The highest BCUT2D eigenvalue weighted by atomic mass is 16.5. The van der Waals surface area contributed by atoms with Gasteiger partial charge in [-0.2, -0.15) is 0 Å². The van der Waals surface area contributed by atoms with Crippen molar-refractivity contribution in [2.24, 2.45) is 34.5 Å². The molecule has 0 aromatic carbocycles. The van der Waals surface area contributed by atoms with E-state index in [-0.39, 0.29) is 12.1 Å². The number of carbonyl (C=O) groups is 1. The first-order valence-corrected chi connectivity index (χ1v) is 12.8. The fraction of sp³-hybridized carbons (Fsp3) is 0.821. The number of fused-ring (bicyclic) bond motifs is 5. The Morgan fingerprint density at radius 2 is 1.83 bits per heavy atom. The summed E-state index contributed by atoms with van der Waals surface area (Å²) in [5, 5.41) is 0. The van der Waals surface area contributed by atoms with E-state index in [1.54, 1.807) is 18.1 Å². The van der Waals surface area contributed by atoms with Gasteiger partial charge in [0.1, 0.15) is 6.10 Å². The summed E-state index contributed by atoms with van der Waals surface area (Å²) in [6.07, 6.45) is 19.3. The zero-order valence-corrected chi connectivity index (χ0v) is 20.1. The fourth-order valence-corrected chi connectivity index (χ4v) is 7.87. The van der Waals surface area contributed by atoms with Crippen molar-refractivity contribution in [3.05, 3.63) is 23.3 Å². The van der Waals surface area contributed by atoms with Crippen LogP contribution in [-0.2, 0) is 9.53 Å². The van der Waals surface area contributed by atoms with Crippen LogP contribution in [0, 0.1) is 34.5 Å². The second kappa shape index (κ2) is 8.47. The molecule has 0 aromatic rings. The molecule has 0 N–H and O–H groups in total. The van der Waals surface area contributed by atoms with Gasteiger partial charge in [-0.25, -0.2) is 0 Å². The number of esters is 1. The van der Waals surface area contributed by atoms with Crippen molar-refractivity contribution in [2.75, 3.05) is 0 Å². The minimum Gasteiger partial charge on any atom is -0.462 e. The summed E-state index contributed by atoms with van der Waals surface area (Å²) >= 11 is 0. The Morgan fingerprint density at radius 1 is 1.07 bits per heavy atom. The lowest BCUT2D eigenvalue weighted by Crippen LogP contribution is -2.50. The van der Waals surface area contributed by atoms with E-state index in [1.807, 2.05) is 0 Å². The van der Waals surface area contributed by atoms with Gasteiger partial charge in [0.2, 0.25) is 0 Å². The van der Waals surface area contributed by atoms with E-state index in [0.29, 0.717) is 10.8 Å². The largest absolute Gasteiger partial charge is 0.462 e. The number of hydrogen-bond donors (Lipinski definition) is 0. The molecule has 0 saturated heterocycles. The van der Waals surface area contributed by atoms with Crippen LogP contribution in [0.1, 0.15) is 105 Å². The molecule has 0 heterocycles. The van der Waals surface area contributed by atoms with Gasteiger partial charge < -0.3 is 4.74 Å². The van der Waals surface area contributed by atoms with Crippen LogP contribution < -0.4 is 0 Å². The first-order chi connectivity index (χ1) is 14.2. The van der Waals surface area contributed by atoms with Crippen molar-refractivity contribution in [1.29, 1.82) is 0 Å². The average molecular weight is 413 g/mol. The fourth-order valence-electron chi connectivity index (χ4n) is 7.87. The summed E-state index contributed by atoms with van der Waals surface area (Å²) in [5.74, 6) is 3.22. The lowest BCUT2D eigenvalue weighted by Gasteiger charge is -2.58. The molecule has 0 spiro atoms. The molecule has 2 heteroatoms. The molecule has 4 aliphatic rings. The lowest BCUT2D eigenvalue weighted by molar-refractivity contribution is -0.148. The van der Waals surface area contributed by atoms with E-state index in [1.165, 1.54) is 57.8 Å². The Balaban J connectivity index is 1.44. The van der Waals surface area contributed by atoms with E-state index < -0.39 is 0 Å². The molecule has 0 amide bonds. The van der Waals surface area contributed by atoms with Gasteiger partial charge in [-0.3, -0.25) is 4.79 Å². The summed E-state index contributed by atoms with van der Waals surface area (Å²) in [5.41, 5.74) is 4.19. The summed E-state index contributed by atoms with van der Waals surface area (Å²) < 4.78 is 5.59. The molecule has 0 bridgehead atoms. The quantitative estimate of drug-likeness (QED) is 0.254. The molecule has 0 aromatic heterocycles. The zero-order chi connectivity index (χ0) is 21.5. The SMILES string of the molecule is CC(=O)O[C@H]1CC[C@@]2(C)C(=CC[C@@H]3C2CC[C@]2(C)C(CCCCC(C)C)=CCC32)C1. The first-order valence-electron chi connectivity index (χ1n) is 12.8. The van der Waals surface area contributed by atoms with Crippen LogP contribution in [0.2, 0.25) is 0 Å². The van der Waals surface area contributed by atoms with Gasteiger partial charge in [-0.05, 0) is 85.9 Å². The van der Waals surface area contributed by atoms with Gasteiger partial charge >= 0.3 is 5.97 Å². The Bertz CT molecular complexity index is 716.